The Labute approximate surface area is 124 Å². The zero-order valence-corrected chi connectivity index (χ0v) is 12.4. The Hall–Kier alpha value is -1.83. The molecule has 0 saturated carbocycles. The topological polar surface area (TPSA) is 111 Å². The first kappa shape index (κ1) is 17.2. The van der Waals surface area contributed by atoms with Crippen LogP contribution in [0.5, 0.6) is 0 Å². The molecule has 0 radical (unpaired) electrons. The van der Waals surface area contributed by atoms with Gasteiger partial charge in [-0.25, -0.2) is 4.79 Å². The molecule has 120 valence electrons. The van der Waals surface area contributed by atoms with Gasteiger partial charge in [-0.1, -0.05) is 13.3 Å². The third-order valence-electron chi connectivity index (χ3n) is 3.26. The van der Waals surface area contributed by atoms with Crippen LogP contribution in [0.15, 0.2) is 0 Å². The second-order valence-corrected chi connectivity index (χ2v) is 5.04. The second-order valence-electron chi connectivity index (χ2n) is 5.04. The molecule has 1 heterocycles. The summed E-state index contributed by atoms with van der Waals surface area (Å²) >= 11 is 0. The van der Waals surface area contributed by atoms with Crippen molar-refractivity contribution < 1.29 is 19.5 Å². The zero-order valence-electron chi connectivity index (χ0n) is 12.4. The fraction of sp³-hybridized carbons (Fsp3) is 0.769. The molecule has 1 unspecified atom stereocenters. The van der Waals surface area contributed by atoms with E-state index in [4.69, 9.17) is 5.11 Å². The van der Waals surface area contributed by atoms with Gasteiger partial charge in [0.25, 0.3) is 0 Å². The predicted molar refractivity (Wildman–Crippen MR) is 76.9 cm³/mol. The van der Waals surface area contributed by atoms with E-state index in [1.54, 1.807) is 4.90 Å². The van der Waals surface area contributed by atoms with Gasteiger partial charge in [-0.15, -0.1) is 0 Å². The van der Waals surface area contributed by atoms with Crippen LogP contribution in [0.2, 0.25) is 0 Å². The van der Waals surface area contributed by atoms with Crippen LogP contribution in [0.4, 0.5) is 4.79 Å². The van der Waals surface area contributed by atoms with E-state index >= 15 is 0 Å². The van der Waals surface area contributed by atoms with Crippen LogP contribution in [0, 0.1) is 0 Å². The Morgan fingerprint density at radius 3 is 2.52 bits per heavy atom. The van der Waals surface area contributed by atoms with E-state index < -0.39 is 18.0 Å². The number of piperazine rings is 1. The number of aliphatic carboxylic acids is 1. The highest BCUT2D eigenvalue weighted by atomic mass is 16.4. The van der Waals surface area contributed by atoms with Gasteiger partial charge in [-0.3, -0.25) is 9.59 Å². The number of amides is 3. The molecule has 1 fully saturated rings. The SMILES string of the molecule is CCCC(CC(=O)O)NC(=O)NCC(=O)N1CCNCC1. The largest absolute Gasteiger partial charge is 0.481 e. The Bertz CT molecular complexity index is 369. The summed E-state index contributed by atoms with van der Waals surface area (Å²) in [4.78, 5) is 35.9. The van der Waals surface area contributed by atoms with Gasteiger partial charge < -0.3 is 26.0 Å². The molecule has 1 rings (SSSR count). The second kappa shape index (κ2) is 9.17. The van der Waals surface area contributed by atoms with E-state index in [-0.39, 0.29) is 18.9 Å². The molecule has 0 aromatic carbocycles. The number of urea groups is 1. The lowest BCUT2D eigenvalue weighted by Gasteiger charge is -2.27. The summed E-state index contributed by atoms with van der Waals surface area (Å²) in [7, 11) is 0. The molecule has 0 aromatic heterocycles. The van der Waals surface area contributed by atoms with Crippen molar-refractivity contribution in [3.8, 4) is 0 Å². The van der Waals surface area contributed by atoms with E-state index in [1.807, 2.05) is 6.92 Å². The van der Waals surface area contributed by atoms with Gasteiger partial charge in [0.15, 0.2) is 0 Å². The van der Waals surface area contributed by atoms with Crippen molar-refractivity contribution in [2.75, 3.05) is 32.7 Å². The Morgan fingerprint density at radius 1 is 1.29 bits per heavy atom. The lowest BCUT2D eigenvalue weighted by atomic mass is 10.1. The number of hydrogen-bond acceptors (Lipinski definition) is 4. The lowest BCUT2D eigenvalue weighted by Crippen LogP contribution is -2.51. The summed E-state index contributed by atoms with van der Waals surface area (Å²) in [6, 6.07) is -0.917. The number of carbonyl (C=O) groups is 3. The monoisotopic (exact) mass is 300 g/mol. The third kappa shape index (κ3) is 6.94. The first-order valence-electron chi connectivity index (χ1n) is 7.27. The number of carbonyl (C=O) groups excluding carboxylic acids is 2. The Kier molecular flexibility index (Phi) is 7.52. The van der Waals surface area contributed by atoms with Gasteiger partial charge in [0.05, 0.1) is 13.0 Å². The number of hydrogen-bond donors (Lipinski definition) is 4. The van der Waals surface area contributed by atoms with Gasteiger partial charge in [0, 0.05) is 32.2 Å². The molecule has 1 aliphatic heterocycles. The number of nitrogens with one attached hydrogen (secondary N) is 3. The van der Waals surface area contributed by atoms with Crippen LogP contribution in [0.1, 0.15) is 26.2 Å². The molecule has 21 heavy (non-hydrogen) atoms. The Morgan fingerprint density at radius 2 is 1.95 bits per heavy atom. The minimum Gasteiger partial charge on any atom is -0.481 e. The van der Waals surface area contributed by atoms with Crippen LogP contribution in [0.25, 0.3) is 0 Å². The van der Waals surface area contributed by atoms with Gasteiger partial charge in [0.2, 0.25) is 5.91 Å². The molecule has 0 aliphatic carbocycles. The van der Waals surface area contributed by atoms with Crippen LogP contribution in [0.3, 0.4) is 0 Å². The van der Waals surface area contributed by atoms with Crippen LogP contribution in [-0.4, -0.2) is 66.7 Å². The Balaban J connectivity index is 2.30. The van der Waals surface area contributed by atoms with Gasteiger partial charge >= 0.3 is 12.0 Å². The summed E-state index contributed by atoms with van der Waals surface area (Å²) in [6.07, 6.45) is 1.25. The first-order chi connectivity index (χ1) is 10.0. The molecule has 8 heteroatoms. The van der Waals surface area contributed by atoms with Crippen molar-refractivity contribution in [1.82, 2.24) is 20.9 Å². The summed E-state index contributed by atoms with van der Waals surface area (Å²) in [5, 5.41) is 17.0. The normalized spacial score (nSPS) is 16.1. The highest BCUT2D eigenvalue weighted by molar-refractivity contribution is 5.84. The molecular weight excluding hydrogens is 276 g/mol. The summed E-state index contributed by atoms with van der Waals surface area (Å²) < 4.78 is 0. The number of rotatable bonds is 7. The third-order valence-corrected chi connectivity index (χ3v) is 3.26. The molecule has 1 atom stereocenters. The van der Waals surface area contributed by atoms with E-state index in [2.05, 4.69) is 16.0 Å². The molecule has 4 N–H and O–H groups in total. The summed E-state index contributed by atoms with van der Waals surface area (Å²) in [5.41, 5.74) is 0. The molecule has 1 aliphatic rings. The van der Waals surface area contributed by atoms with E-state index in [0.717, 1.165) is 19.5 Å². The molecule has 1 saturated heterocycles. The average Bonchev–Trinajstić information content (AvgIpc) is 2.45. The molecule has 0 aromatic rings. The van der Waals surface area contributed by atoms with E-state index in [0.29, 0.717) is 19.5 Å². The smallest absolute Gasteiger partial charge is 0.315 e. The predicted octanol–water partition coefficient (Wildman–Crippen LogP) is -0.639. The highest BCUT2D eigenvalue weighted by Gasteiger charge is 2.18. The number of nitrogens with zero attached hydrogens (tertiary/aromatic N) is 1. The maximum atomic E-state index is 11.9. The first-order valence-corrected chi connectivity index (χ1v) is 7.27. The highest BCUT2D eigenvalue weighted by Crippen LogP contribution is 2.01. The molecule has 8 nitrogen and oxygen atoms in total. The fourth-order valence-electron chi connectivity index (χ4n) is 2.20. The van der Waals surface area contributed by atoms with Crippen molar-refractivity contribution in [3.63, 3.8) is 0 Å². The zero-order chi connectivity index (χ0) is 15.7. The van der Waals surface area contributed by atoms with Crippen molar-refractivity contribution in [2.45, 2.75) is 32.2 Å². The van der Waals surface area contributed by atoms with Crippen LogP contribution >= 0.6 is 0 Å². The van der Waals surface area contributed by atoms with Crippen molar-refractivity contribution in [1.29, 1.82) is 0 Å². The van der Waals surface area contributed by atoms with Gasteiger partial charge in [0.1, 0.15) is 0 Å². The van der Waals surface area contributed by atoms with Crippen LogP contribution < -0.4 is 16.0 Å². The standard InChI is InChI=1S/C13H24N4O4/c1-2-3-10(8-12(19)20)16-13(21)15-9-11(18)17-6-4-14-5-7-17/h10,14H,2-9H2,1H3,(H,19,20)(H2,15,16,21). The minimum atomic E-state index is -0.953. The average molecular weight is 300 g/mol. The van der Waals surface area contributed by atoms with Crippen molar-refractivity contribution in [3.05, 3.63) is 0 Å². The van der Waals surface area contributed by atoms with Gasteiger partial charge in [-0.05, 0) is 6.42 Å². The van der Waals surface area contributed by atoms with Crippen molar-refractivity contribution in [2.24, 2.45) is 0 Å². The quantitative estimate of drug-likeness (QED) is 0.500. The maximum Gasteiger partial charge on any atom is 0.315 e. The fourth-order valence-corrected chi connectivity index (χ4v) is 2.20. The maximum absolute atomic E-state index is 11.9. The molecule has 0 spiro atoms. The van der Waals surface area contributed by atoms with Crippen LogP contribution in [-0.2, 0) is 9.59 Å². The van der Waals surface area contributed by atoms with Gasteiger partial charge in [-0.2, -0.15) is 0 Å². The van der Waals surface area contributed by atoms with E-state index in [9.17, 15) is 14.4 Å². The van der Waals surface area contributed by atoms with E-state index in [1.165, 1.54) is 0 Å². The molecule has 3 amide bonds. The summed E-state index contributed by atoms with van der Waals surface area (Å²) in [6.45, 7) is 4.64. The lowest BCUT2D eigenvalue weighted by molar-refractivity contribution is -0.137. The molecular formula is C13H24N4O4. The van der Waals surface area contributed by atoms with Crippen molar-refractivity contribution >= 4 is 17.9 Å². The molecule has 0 bridgehead atoms. The number of carboxylic acids is 1. The number of carboxylic acid groups (broad SMARTS) is 1. The summed E-state index contributed by atoms with van der Waals surface area (Å²) in [5.74, 6) is -1.08. The minimum absolute atomic E-state index is 0.0717.